The summed E-state index contributed by atoms with van der Waals surface area (Å²) in [5.74, 6) is 1.85. The zero-order valence-electron chi connectivity index (χ0n) is 11.2. The molecule has 2 heterocycles. The zero-order chi connectivity index (χ0) is 13.1. The number of hydrogen-bond donors (Lipinski definition) is 2. The standard InChI is InChI=1S/C15H21N3O/c19-10-9-18-14-4-2-1-3-13(14)17-15(18)11-12-5-7-16-8-6-12/h1-4,12,16,19H,5-11H2. The lowest BCUT2D eigenvalue weighted by molar-refractivity contribution is 0.273. The predicted octanol–water partition coefficient (Wildman–Crippen LogP) is 1.57. The normalized spacial score (nSPS) is 17.1. The summed E-state index contributed by atoms with van der Waals surface area (Å²) >= 11 is 0. The number of fused-ring (bicyclic) bond motifs is 1. The molecule has 1 fully saturated rings. The van der Waals surface area contributed by atoms with E-state index in [1.54, 1.807) is 0 Å². The van der Waals surface area contributed by atoms with Gasteiger partial charge in [0.05, 0.1) is 17.6 Å². The Morgan fingerprint density at radius 2 is 2.05 bits per heavy atom. The summed E-state index contributed by atoms with van der Waals surface area (Å²) in [4.78, 5) is 4.76. The van der Waals surface area contributed by atoms with Crippen LogP contribution in [0.25, 0.3) is 11.0 Å². The summed E-state index contributed by atoms with van der Waals surface area (Å²) in [6.45, 7) is 3.04. The molecule has 0 unspecified atom stereocenters. The summed E-state index contributed by atoms with van der Waals surface area (Å²) in [6, 6.07) is 8.19. The Labute approximate surface area is 113 Å². The highest BCUT2D eigenvalue weighted by Gasteiger charge is 2.18. The number of imidazole rings is 1. The SMILES string of the molecule is OCCn1c(CC2CCNCC2)nc2ccccc21. The molecule has 0 bridgehead atoms. The van der Waals surface area contributed by atoms with E-state index >= 15 is 0 Å². The lowest BCUT2D eigenvalue weighted by Crippen LogP contribution is -2.29. The minimum absolute atomic E-state index is 0.166. The number of nitrogens with zero attached hydrogens (tertiary/aromatic N) is 2. The van der Waals surface area contributed by atoms with Gasteiger partial charge < -0.3 is 15.0 Å². The maximum Gasteiger partial charge on any atom is 0.110 e. The summed E-state index contributed by atoms with van der Waals surface area (Å²) in [7, 11) is 0. The van der Waals surface area contributed by atoms with Crippen molar-refractivity contribution in [3.63, 3.8) is 0 Å². The monoisotopic (exact) mass is 259 g/mol. The Bertz CT molecular complexity index is 543. The Balaban J connectivity index is 1.90. The molecule has 19 heavy (non-hydrogen) atoms. The Hall–Kier alpha value is -1.39. The molecule has 0 amide bonds. The van der Waals surface area contributed by atoms with E-state index in [1.165, 1.54) is 12.8 Å². The summed E-state index contributed by atoms with van der Waals surface area (Å²) < 4.78 is 2.18. The van der Waals surface area contributed by atoms with Gasteiger partial charge in [-0.2, -0.15) is 0 Å². The van der Waals surface area contributed by atoms with Crippen LogP contribution in [0.15, 0.2) is 24.3 Å². The molecule has 3 rings (SSSR count). The van der Waals surface area contributed by atoms with Crippen molar-refractivity contribution in [1.82, 2.24) is 14.9 Å². The lowest BCUT2D eigenvalue weighted by Gasteiger charge is -2.22. The van der Waals surface area contributed by atoms with E-state index in [0.29, 0.717) is 6.54 Å². The molecule has 2 N–H and O–H groups in total. The van der Waals surface area contributed by atoms with E-state index in [2.05, 4.69) is 22.0 Å². The van der Waals surface area contributed by atoms with Gasteiger partial charge in [0, 0.05) is 13.0 Å². The van der Waals surface area contributed by atoms with Crippen molar-refractivity contribution in [2.75, 3.05) is 19.7 Å². The van der Waals surface area contributed by atoms with Crippen LogP contribution in [0.2, 0.25) is 0 Å². The summed E-state index contributed by atoms with van der Waals surface area (Å²) in [5, 5.41) is 12.7. The number of benzene rings is 1. The largest absolute Gasteiger partial charge is 0.395 e. The number of para-hydroxylation sites is 2. The van der Waals surface area contributed by atoms with Crippen LogP contribution in [0.1, 0.15) is 18.7 Å². The van der Waals surface area contributed by atoms with Crippen LogP contribution >= 0.6 is 0 Å². The molecule has 0 spiro atoms. The van der Waals surface area contributed by atoms with E-state index in [1.807, 2.05) is 12.1 Å². The topological polar surface area (TPSA) is 50.1 Å². The van der Waals surface area contributed by atoms with E-state index in [-0.39, 0.29) is 6.61 Å². The third-order valence-corrected chi connectivity index (χ3v) is 3.99. The number of piperidine rings is 1. The smallest absolute Gasteiger partial charge is 0.110 e. The quantitative estimate of drug-likeness (QED) is 0.876. The third-order valence-electron chi connectivity index (χ3n) is 3.99. The molecule has 4 heteroatoms. The molecule has 1 aliphatic rings. The van der Waals surface area contributed by atoms with Crippen LogP contribution in [-0.4, -0.2) is 34.4 Å². The van der Waals surface area contributed by atoms with Crippen LogP contribution in [0, 0.1) is 5.92 Å². The van der Waals surface area contributed by atoms with Gasteiger partial charge in [0.1, 0.15) is 5.82 Å². The minimum Gasteiger partial charge on any atom is -0.395 e. The van der Waals surface area contributed by atoms with Gasteiger partial charge in [0.15, 0.2) is 0 Å². The highest BCUT2D eigenvalue weighted by molar-refractivity contribution is 5.75. The molecule has 1 saturated heterocycles. The molecule has 0 atom stereocenters. The van der Waals surface area contributed by atoms with Crippen molar-refractivity contribution in [3.8, 4) is 0 Å². The second kappa shape index (κ2) is 5.72. The van der Waals surface area contributed by atoms with Crippen molar-refractivity contribution in [2.45, 2.75) is 25.8 Å². The van der Waals surface area contributed by atoms with Crippen molar-refractivity contribution in [3.05, 3.63) is 30.1 Å². The fraction of sp³-hybridized carbons (Fsp3) is 0.533. The van der Waals surface area contributed by atoms with Gasteiger partial charge in [-0.1, -0.05) is 12.1 Å². The first-order valence-corrected chi connectivity index (χ1v) is 7.14. The molecule has 1 aromatic carbocycles. The molecular weight excluding hydrogens is 238 g/mol. The molecule has 1 aliphatic heterocycles. The lowest BCUT2D eigenvalue weighted by atomic mass is 9.94. The highest BCUT2D eigenvalue weighted by Crippen LogP contribution is 2.22. The maximum absolute atomic E-state index is 9.27. The van der Waals surface area contributed by atoms with Gasteiger partial charge in [0.25, 0.3) is 0 Å². The van der Waals surface area contributed by atoms with Crippen molar-refractivity contribution >= 4 is 11.0 Å². The van der Waals surface area contributed by atoms with Crippen LogP contribution < -0.4 is 5.32 Å². The summed E-state index contributed by atoms with van der Waals surface area (Å²) in [6.07, 6.45) is 3.47. The Kier molecular flexibility index (Phi) is 3.80. The zero-order valence-corrected chi connectivity index (χ0v) is 11.2. The molecule has 4 nitrogen and oxygen atoms in total. The number of rotatable bonds is 4. The molecule has 1 aromatic heterocycles. The molecule has 0 saturated carbocycles. The highest BCUT2D eigenvalue weighted by atomic mass is 16.3. The van der Waals surface area contributed by atoms with E-state index in [4.69, 9.17) is 4.98 Å². The number of aliphatic hydroxyl groups excluding tert-OH is 1. The average molecular weight is 259 g/mol. The molecule has 2 aromatic rings. The van der Waals surface area contributed by atoms with Crippen LogP contribution in [-0.2, 0) is 13.0 Å². The number of aliphatic hydroxyl groups is 1. The van der Waals surface area contributed by atoms with E-state index in [9.17, 15) is 5.11 Å². The Morgan fingerprint density at radius 1 is 1.26 bits per heavy atom. The van der Waals surface area contributed by atoms with Gasteiger partial charge >= 0.3 is 0 Å². The molecular formula is C15H21N3O. The molecule has 102 valence electrons. The first-order valence-electron chi connectivity index (χ1n) is 7.14. The van der Waals surface area contributed by atoms with Gasteiger partial charge in [-0.05, 0) is 44.0 Å². The fourth-order valence-electron chi connectivity index (χ4n) is 2.97. The number of nitrogens with one attached hydrogen (secondary N) is 1. The third kappa shape index (κ3) is 2.65. The van der Waals surface area contributed by atoms with Crippen LogP contribution in [0.4, 0.5) is 0 Å². The van der Waals surface area contributed by atoms with Gasteiger partial charge in [0.2, 0.25) is 0 Å². The fourth-order valence-corrected chi connectivity index (χ4v) is 2.97. The minimum atomic E-state index is 0.166. The van der Waals surface area contributed by atoms with Gasteiger partial charge in [-0.3, -0.25) is 0 Å². The molecule has 0 radical (unpaired) electrons. The van der Waals surface area contributed by atoms with Crippen molar-refractivity contribution < 1.29 is 5.11 Å². The predicted molar refractivity (Wildman–Crippen MR) is 76.1 cm³/mol. The first kappa shape index (κ1) is 12.6. The van der Waals surface area contributed by atoms with Crippen LogP contribution in [0.5, 0.6) is 0 Å². The molecule has 0 aliphatic carbocycles. The van der Waals surface area contributed by atoms with E-state index < -0.39 is 0 Å². The number of hydrogen-bond acceptors (Lipinski definition) is 3. The maximum atomic E-state index is 9.27. The van der Waals surface area contributed by atoms with Gasteiger partial charge in [-0.15, -0.1) is 0 Å². The summed E-state index contributed by atoms with van der Waals surface area (Å²) in [5.41, 5.74) is 2.18. The second-order valence-electron chi connectivity index (χ2n) is 5.29. The first-order chi connectivity index (χ1) is 9.38. The number of aromatic nitrogens is 2. The van der Waals surface area contributed by atoms with Crippen molar-refractivity contribution in [1.29, 1.82) is 0 Å². The van der Waals surface area contributed by atoms with Crippen molar-refractivity contribution in [2.24, 2.45) is 5.92 Å². The second-order valence-corrected chi connectivity index (χ2v) is 5.29. The van der Waals surface area contributed by atoms with Crippen LogP contribution in [0.3, 0.4) is 0 Å². The van der Waals surface area contributed by atoms with E-state index in [0.717, 1.165) is 42.3 Å². The Morgan fingerprint density at radius 3 is 2.84 bits per heavy atom. The average Bonchev–Trinajstić information content (AvgIpc) is 2.79. The van der Waals surface area contributed by atoms with Gasteiger partial charge in [-0.25, -0.2) is 4.98 Å².